The maximum Gasteiger partial charge on any atom is 0.315 e. The van der Waals surface area contributed by atoms with Crippen LogP contribution in [0.2, 0.25) is 0 Å². The van der Waals surface area contributed by atoms with E-state index in [4.69, 9.17) is 9.47 Å². The van der Waals surface area contributed by atoms with Crippen LogP contribution in [0.25, 0.3) is 0 Å². The number of fused-ring (bicyclic) bond motifs is 1. The highest BCUT2D eigenvalue weighted by Gasteiger charge is 2.45. The lowest BCUT2D eigenvalue weighted by Gasteiger charge is -2.37. The van der Waals surface area contributed by atoms with Crippen LogP contribution in [0.5, 0.6) is 0 Å². The molecule has 3 aliphatic rings. The summed E-state index contributed by atoms with van der Waals surface area (Å²) >= 11 is 1.80. The van der Waals surface area contributed by atoms with E-state index >= 15 is 0 Å². The van der Waals surface area contributed by atoms with E-state index in [0.29, 0.717) is 11.7 Å². The quantitative estimate of drug-likeness (QED) is 0.171. The minimum atomic E-state index is -1.74. The Balaban J connectivity index is 1.35. The third kappa shape index (κ3) is 4.24. The Morgan fingerprint density at radius 2 is 1.92 bits per heavy atom. The third-order valence-corrected chi connectivity index (χ3v) is 6.36. The first kappa shape index (κ1) is 19.6. The molecule has 0 bridgehead atoms. The zero-order valence-corrected chi connectivity index (χ0v) is 14.8. The lowest BCUT2D eigenvalue weighted by Crippen LogP contribution is -2.58. The number of aliphatic hydroxyl groups excluding tert-OH is 4. The highest BCUT2D eigenvalue weighted by Crippen LogP contribution is 2.33. The number of carbonyl (C=O) groups excluding carboxylic acids is 2. The molecule has 2 amide bonds. The molecular weight excluding hydrogens is 368 g/mol. The number of urea groups is 1. The van der Waals surface area contributed by atoms with Crippen molar-refractivity contribution in [3.8, 4) is 0 Å². The van der Waals surface area contributed by atoms with Crippen LogP contribution in [-0.2, 0) is 14.3 Å². The number of hydrogen-bond acceptors (Lipinski definition) is 9. The van der Waals surface area contributed by atoms with E-state index in [1.165, 1.54) is 0 Å². The van der Waals surface area contributed by atoms with Crippen molar-refractivity contribution in [1.82, 2.24) is 10.6 Å². The van der Waals surface area contributed by atoms with Crippen molar-refractivity contribution in [3.63, 3.8) is 0 Å². The van der Waals surface area contributed by atoms with Crippen molar-refractivity contribution in [2.75, 3.05) is 5.75 Å². The molecule has 0 aliphatic carbocycles. The number of thioether (sulfide) groups is 1. The summed E-state index contributed by atoms with van der Waals surface area (Å²) in [5.41, 5.74) is 0. The van der Waals surface area contributed by atoms with Gasteiger partial charge in [0.2, 0.25) is 6.29 Å². The number of hydrogen-bond donors (Lipinski definition) is 6. The van der Waals surface area contributed by atoms with Crippen LogP contribution in [0, 0.1) is 0 Å². The van der Waals surface area contributed by atoms with Crippen molar-refractivity contribution >= 4 is 23.8 Å². The fourth-order valence-electron chi connectivity index (χ4n) is 3.37. The first-order valence-electron chi connectivity index (χ1n) is 8.62. The molecule has 3 fully saturated rings. The molecule has 26 heavy (non-hydrogen) atoms. The molecule has 0 spiro atoms. The summed E-state index contributed by atoms with van der Waals surface area (Å²) < 4.78 is 9.73. The molecule has 3 aliphatic heterocycles. The van der Waals surface area contributed by atoms with Gasteiger partial charge in [-0.15, -0.1) is 0 Å². The molecule has 0 radical (unpaired) electrons. The second-order valence-electron chi connectivity index (χ2n) is 6.72. The van der Waals surface area contributed by atoms with Crippen molar-refractivity contribution in [1.29, 1.82) is 0 Å². The van der Waals surface area contributed by atoms with Crippen LogP contribution in [0.1, 0.15) is 25.7 Å². The first-order chi connectivity index (χ1) is 12.4. The van der Waals surface area contributed by atoms with Gasteiger partial charge in [-0.3, -0.25) is 4.79 Å². The van der Waals surface area contributed by atoms with E-state index in [1.807, 2.05) is 0 Å². The van der Waals surface area contributed by atoms with E-state index in [1.54, 1.807) is 11.8 Å². The average Bonchev–Trinajstić information content (AvgIpc) is 3.14. The molecule has 0 unspecified atom stereocenters. The monoisotopic (exact) mass is 392 g/mol. The van der Waals surface area contributed by atoms with Gasteiger partial charge < -0.3 is 40.5 Å². The zero-order valence-electron chi connectivity index (χ0n) is 14.0. The molecule has 0 aromatic heterocycles. The maximum atomic E-state index is 11.9. The third-order valence-electron chi connectivity index (χ3n) is 4.85. The molecule has 11 heteroatoms. The summed E-state index contributed by atoms with van der Waals surface area (Å²) in [6.07, 6.45) is -5.96. The normalized spacial score (nSPS) is 42.1. The number of nitrogens with one attached hydrogen (secondary N) is 2. The van der Waals surface area contributed by atoms with Gasteiger partial charge in [0.1, 0.15) is 18.3 Å². The van der Waals surface area contributed by atoms with Gasteiger partial charge in [0.05, 0.1) is 12.1 Å². The lowest BCUT2D eigenvalue weighted by molar-refractivity contribution is -0.331. The zero-order chi connectivity index (χ0) is 18.8. The summed E-state index contributed by atoms with van der Waals surface area (Å²) in [5, 5.41) is 44.2. The standard InChI is InChI=1S/C15H24N2O8S/c18-8(24-14-12(21)10(19)11(20)13(22)25-14)4-2-1-3-7-9-6(5-26-7)16-15(23)17-9/h6-7,9-14,19-22H,1-5H2,(H2,16,17,23)/t6-,7-,9-,10+,11-,12-,13+,14+/m0/s1. The number of aliphatic hydroxyl groups is 4. The van der Waals surface area contributed by atoms with Gasteiger partial charge in [-0.2, -0.15) is 11.8 Å². The molecule has 3 rings (SSSR count). The van der Waals surface area contributed by atoms with Gasteiger partial charge in [0.15, 0.2) is 6.29 Å². The molecule has 0 aromatic rings. The number of carbonyl (C=O) groups is 2. The Labute approximate surface area is 154 Å². The highest BCUT2D eigenvalue weighted by molar-refractivity contribution is 8.00. The van der Waals surface area contributed by atoms with E-state index in [0.717, 1.165) is 18.6 Å². The SMILES string of the molecule is O=C1N[C@H]2[C@H](CS[C@H]2CCCCC(=O)O[C@@H]2O[C@@H](O)[C@@H](O)[C@@H](O)[C@@H]2O)N1. The maximum absolute atomic E-state index is 11.9. The molecule has 0 aromatic carbocycles. The largest absolute Gasteiger partial charge is 0.433 e. The van der Waals surface area contributed by atoms with Gasteiger partial charge in [-0.05, 0) is 12.8 Å². The summed E-state index contributed by atoms with van der Waals surface area (Å²) in [4.78, 5) is 23.2. The van der Waals surface area contributed by atoms with Gasteiger partial charge in [0, 0.05) is 17.4 Å². The van der Waals surface area contributed by atoms with Crippen molar-refractivity contribution in [2.45, 2.75) is 73.9 Å². The van der Waals surface area contributed by atoms with Crippen LogP contribution >= 0.6 is 11.8 Å². The predicted molar refractivity (Wildman–Crippen MR) is 88.9 cm³/mol. The molecule has 8 atom stereocenters. The van der Waals surface area contributed by atoms with Crippen LogP contribution in [0.15, 0.2) is 0 Å². The Morgan fingerprint density at radius 3 is 2.69 bits per heavy atom. The van der Waals surface area contributed by atoms with Crippen LogP contribution in [0.4, 0.5) is 4.79 Å². The number of esters is 1. The van der Waals surface area contributed by atoms with Crippen molar-refractivity contribution < 1.29 is 39.5 Å². The molecule has 148 valence electrons. The smallest absolute Gasteiger partial charge is 0.315 e. The Hall–Kier alpha value is -1.11. The lowest BCUT2D eigenvalue weighted by atomic mass is 10.0. The average molecular weight is 392 g/mol. The minimum Gasteiger partial charge on any atom is -0.433 e. The molecular formula is C15H24N2O8S. The van der Waals surface area contributed by atoms with E-state index in [-0.39, 0.29) is 24.5 Å². The number of unbranched alkanes of at least 4 members (excludes halogenated alkanes) is 1. The molecule has 6 N–H and O–H groups in total. The van der Waals surface area contributed by atoms with E-state index < -0.39 is 36.9 Å². The van der Waals surface area contributed by atoms with Crippen molar-refractivity contribution in [2.24, 2.45) is 0 Å². The van der Waals surface area contributed by atoms with E-state index in [9.17, 15) is 30.0 Å². The molecule has 3 saturated heterocycles. The van der Waals surface area contributed by atoms with Gasteiger partial charge in [-0.1, -0.05) is 6.42 Å². The topological polar surface area (TPSA) is 158 Å². The predicted octanol–water partition coefficient (Wildman–Crippen LogP) is -1.99. The molecule has 0 saturated carbocycles. The van der Waals surface area contributed by atoms with Gasteiger partial charge >= 0.3 is 12.0 Å². The summed E-state index contributed by atoms with van der Waals surface area (Å²) in [6, 6.07) is 0.162. The first-order valence-corrected chi connectivity index (χ1v) is 9.67. The fourth-order valence-corrected chi connectivity index (χ4v) is 4.92. The van der Waals surface area contributed by atoms with E-state index in [2.05, 4.69) is 10.6 Å². The second kappa shape index (κ2) is 8.28. The fraction of sp³-hybridized carbons (Fsp3) is 0.867. The van der Waals surface area contributed by atoms with Crippen LogP contribution in [-0.4, -0.2) is 86.4 Å². The Kier molecular flexibility index (Phi) is 6.25. The minimum absolute atomic E-state index is 0.0947. The molecule has 10 nitrogen and oxygen atoms in total. The number of amides is 2. The molecule has 3 heterocycles. The second-order valence-corrected chi connectivity index (χ2v) is 8.00. The van der Waals surface area contributed by atoms with Gasteiger partial charge in [-0.25, -0.2) is 4.79 Å². The summed E-state index contributed by atoms with van der Waals surface area (Å²) in [6.45, 7) is 0. The van der Waals surface area contributed by atoms with Crippen LogP contribution < -0.4 is 10.6 Å². The van der Waals surface area contributed by atoms with Crippen LogP contribution in [0.3, 0.4) is 0 Å². The summed E-state index contributed by atoms with van der Waals surface area (Å²) in [7, 11) is 0. The Bertz CT molecular complexity index is 538. The number of rotatable bonds is 6. The number of ether oxygens (including phenoxy) is 2. The summed E-state index contributed by atoms with van der Waals surface area (Å²) in [5.74, 6) is 0.251. The Morgan fingerprint density at radius 1 is 1.15 bits per heavy atom. The highest BCUT2D eigenvalue weighted by atomic mass is 32.2. The van der Waals surface area contributed by atoms with Gasteiger partial charge in [0.25, 0.3) is 0 Å². The van der Waals surface area contributed by atoms with Crippen molar-refractivity contribution in [3.05, 3.63) is 0 Å².